The first-order chi connectivity index (χ1) is 17.4. The second-order valence-electron chi connectivity index (χ2n) is 12.8. The van der Waals surface area contributed by atoms with Gasteiger partial charge in [-0.25, -0.2) is 0 Å². The average molecular weight is 499 g/mol. The van der Waals surface area contributed by atoms with Crippen LogP contribution in [0.3, 0.4) is 0 Å². The maximum absolute atomic E-state index is 14.5. The van der Waals surface area contributed by atoms with Crippen LogP contribution in [0.2, 0.25) is 11.6 Å². The number of fused-ring (bicyclic) bond motifs is 2. The summed E-state index contributed by atoms with van der Waals surface area (Å²) in [6.07, 6.45) is 7.31. The molecule has 4 nitrogen and oxygen atoms in total. The lowest BCUT2D eigenvalue weighted by Gasteiger charge is -2.56. The van der Waals surface area contributed by atoms with E-state index in [2.05, 4.69) is 75.6 Å². The van der Waals surface area contributed by atoms with Crippen molar-refractivity contribution in [3.8, 4) is 0 Å². The van der Waals surface area contributed by atoms with Gasteiger partial charge in [0.1, 0.15) is 5.41 Å². The highest BCUT2D eigenvalue weighted by molar-refractivity contribution is 6.67. The fourth-order valence-electron chi connectivity index (χ4n) is 8.18. The first-order valence-corrected chi connectivity index (χ1v) is 14.3. The van der Waals surface area contributed by atoms with E-state index in [9.17, 15) is 9.59 Å². The molecule has 5 heteroatoms. The Balaban J connectivity index is 1.82. The minimum Gasteiger partial charge on any atom is -0.297 e. The lowest BCUT2D eigenvalue weighted by molar-refractivity contribution is -0.141. The van der Waals surface area contributed by atoms with Crippen molar-refractivity contribution in [2.75, 3.05) is 9.80 Å². The Labute approximate surface area is 223 Å². The van der Waals surface area contributed by atoms with E-state index in [4.69, 9.17) is 0 Å². The monoisotopic (exact) mass is 498 g/mol. The molecule has 37 heavy (non-hydrogen) atoms. The Hall–Kier alpha value is -2.56. The highest BCUT2D eigenvalue weighted by atomic mass is 16.2. The molecule has 3 aliphatic rings. The summed E-state index contributed by atoms with van der Waals surface area (Å²) in [5.74, 6) is 0.975. The fraction of sp³-hybridized carbons (Fsp3) is 0.562. The second kappa shape index (κ2) is 9.33. The molecule has 0 aliphatic carbocycles. The third-order valence-electron chi connectivity index (χ3n) is 9.52. The largest absolute Gasteiger partial charge is 0.297 e. The van der Waals surface area contributed by atoms with Crippen molar-refractivity contribution in [3.05, 3.63) is 57.6 Å². The van der Waals surface area contributed by atoms with Gasteiger partial charge in [-0.2, -0.15) is 0 Å². The number of rotatable bonds is 3. The Bertz CT molecular complexity index is 1120. The number of benzene rings is 2. The highest BCUT2D eigenvalue weighted by Crippen LogP contribution is 2.52. The lowest BCUT2D eigenvalue weighted by Crippen LogP contribution is -2.73. The zero-order chi connectivity index (χ0) is 26.8. The second-order valence-corrected chi connectivity index (χ2v) is 12.8. The third-order valence-corrected chi connectivity index (χ3v) is 9.52. The molecule has 0 atom stereocenters. The van der Waals surface area contributed by atoms with Crippen LogP contribution in [-0.2, 0) is 9.59 Å². The minimum atomic E-state index is -1.15. The standard InChI is InChI=1S/C32H43BN2O2/c1-19-15-21(3)27(22(4)16-19)34-29(36)32(7,8)30(37)35(28-23(5)17-20(2)18-24(28)6)31(34)33-25-11-9-12-26(33)14-10-13-25/h15-18,25-26,31H,9-14H2,1-8H3. The van der Waals surface area contributed by atoms with E-state index in [1.165, 1.54) is 49.7 Å². The molecule has 0 aromatic heterocycles. The summed E-state index contributed by atoms with van der Waals surface area (Å²) in [5, 5.41) is 0. The molecule has 2 aromatic rings. The van der Waals surface area contributed by atoms with Gasteiger partial charge in [-0.1, -0.05) is 85.6 Å². The molecule has 0 spiro atoms. The molecule has 0 N–H and O–H groups in total. The van der Waals surface area contributed by atoms with Crippen LogP contribution in [0.25, 0.3) is 0 Å². The van der Waals surface area contributed by atoms with Crippen LogP contribution in [0.5, 0.6) is 0 Å². The predicted octanol–water partition coefficient (Wildman–Crippen LogP) is 7.41. The molecular weight excluding hydrogens is 455 g/mol. The van der Waals surface area contributed by atoms with Gasteiger partial charge in [-0.05, 0) is 77.6 Å². The Morgan fingerprint density at radius 3 is 1.30 bits per heavy atom. The van der Waals surface area contributed by atoms with E-state index in [1.807, 2.05) is 13.8 Å². The fourth-order valence-corrected chi connectivity index (χ4v) is 8.18. The van der Waals surface area contributed by atoms with Crippen LogP contribution in [0.4, 0.5) is 11.4 Å². The number of amides is 2. The third kappa shape index (κ3) is 4.13. The molecular formula is C32H43BN2O2. The Morgan fingerprint density at radius 1 is 0.649 bits per heavy atom. The Morgan fingerprint density at radius 2 is 0.973 bits per heavy atom. The first kappa shape index (κ1) is 26.1. The maximum Gasteiger partial charge on any atom is 0.243 e. The normalized spacial score (nSPS) is 24.2. The van der Waals surface area contributed by atoms with Gasteiger partial charge in [0.15, 0.2) is 0 Å². The summed E-state index contributed by atoms with van der Waals surface area (Å²) >= 11 is 0. The Kier molecular flexibility index (Phi) is 6.57. The molecule has 5 rings (SSSR count). The van der Waals surface area contributed by atoms with E-state index >= 15 is 0 Å². The molecule has 2 bridgehead atoms. The summed E-state index contributed by atoms with van der Waals surface area (Å²) in [6, 6.07) is 8.44. The van der Waals surface area contributed by atoms with Gasteiger partial charge < -0.3 is 0 Å². The van der Waals surface area contributed by atoms with Crippen LogP contribution < -0.4 is 9.80 Å². The average Bonchev–Trinajstić information content (AvgIpc) is 2.79. The summed E-state index contributed by atoms with van der Waals surface area (Å²) in [5.41, 5.74) is 7.69. The molecule has 196 valence electrons. The first-order valence-electron chi connectivity index (χ1n) is 14.3. The summed E-state index contributed by atoms with van der Waals surface area (Å²) in [6.45, 7) is 16.7. The van der Waals surface area contributed by atoms with Crippen LogP contribution in [-0.4, -0.2) is 24.6 Å². The van der Waals surface area contributed by atoms with Crippen molar-refractivity contribution < 1.29 is 9.59 Å². The quantitative estimate of drug-likeness (QED) is 0.327. The summed E-state index contributed by atoms with van der Waals surface area (Å²) in [4.78, 5) is 33.2. The van der Waals surface area contributed by atoms with E-state index in [0.29, 0.717) is 11.6 Å². The number of carbonyl (C=O) groups is 2. The van der Waals surface area contributed by atoms with Gasteiger partial charge in [-0.3, -0.25) is 19.4 Å². The minimum absolute atomic E-state index is 0.0557. The molecule has 0 unspecified atom stereocenters. The summed E-state index contributed by atoms with van der Waals surface area (Å²) < 4.78 is 0. The smallest absolute Gasteiger partial charge is 0.243 e. The van der Waals surface area contributed by atoms with Crippen LogP contribution in [0.1, 0.15) is 85.8 Å². The topological polar surface area (TPSA) is 40.6 Å². The molecule has 3 fully saturated rings. The highest BCUT2D eigenvalue weighted by Gasteiger charge is 2.59. The van der Waals surface area contributed by atoms with E-state index in [1.54, 1.807) is 0 Å². The number of hydrogen-bond acceptors (Lipinski definition) is 2. The lowest BCUT2D eigenvalue weighted by atomic mass is 9.25. The molecule has 2 amide bonds. The number of aryl methyl sites for hydroxylation is 6. The van der Waals surface area contributed by atoms with Crippen molar-refractivity contribution in [1.82, 2.24) is 0 Å². The number of hydrogen-bond donors (Lipinski definition) is 0. The van der Waals surface area contributed by atoms with E-state index in [0.717, 1.165) is 33.6 Å². The van der Waals surface area contributed by atoms with Crippen molar-refractivity contribution in [3.63, 3.8) is 0 Å². The molecule has 2 aromatic carbocycles. The van der Waals surface area contributed by atoms with Crippen molar-refractivity contribution in [2.45, 2.75) is 112 Å². The number of anilines is 2. The van der Waals surface area contributed by atoms with Crippen molar-refractivity contribution in [2.24, 2.45) is 5.41 Å². The van der Waals surface area contributed by atoms with Crippen LogP contribution in [0, 0.1) is 47.0 Å². The molecule has 3 heterocycles. The number of nitrogens with zero attached hydrogens (tertiary/aromatic N) is 2. The maximum atomic E-state index is 14.5. The molecule has 3 aliphatic heterocycles. The van der Waals surface area contributed by atoms with E-state index in [-0.39, 0.29) is 24.6 Å². The molecule has 0 radical (unpaired) electrons. The predicted molar refractivity (Wildman–Crippen MR) is 155 cm³/mol. The van der Waals surface area contributed by atoms with Gasteiger partial charge in [0.05, 0.1) is 17.4 Å². The van der Waals surface area contributed by atoms with Gasteiger partial charge in [-0.15, -0.1) is 0 Å². The van der Waals surface area contributed by atoms with Crippen LogP contribution >= 0.6 is 0 Å². The van der Waals surface area contributed by atoms with Gasteiger partial charge >= 0.3 is 0 Å². The van der Waals surface area contributed by atoms with Crippen molar-refractivity contribution in [1.29, 1.82) is 0 Å². The molecule has 0 saturated carbocycles. The zero-order valence-electron chi connectivity index (χ0n) is 24.1. The SMILES string of the molecule is Cc1cc(C)c(N2C(=O)C(C)(C)C(=O)N(c3c(C)cc(C)cc3C)C2B2C3CCCC2CCC3)c(C)c1. The summed E-state index contributed by atoms with van der Waals surface area (Å²) in [7, 11) is 0. The zero-order valence-corrected chi connectivity index (χ0v) is 24.1. The van der Waals surface area contributed by atoms with Gasteiger partial charge in [0.2, 0.25) is 18.5 Å². The van der Waals surface area contributed by atoms with Gasteiger partial charge in [0.25, 0.3) is 0 Å². The molecule has 3 saturated heterocycles. The van der Waals surface area contributed by atoms with Crippen molar-refractivity contribution >= 4 is 29.9 Å². The number of carbonyl (C=O) groups excluding carboxylic acids is 2. The van der Waals surface area contributed by atoms with Gasteiger partial charge in [0, 0.05) is 0 Å². The van der Waals surface area contributed by atoms with Crippen LogP contribution in [0.15, 0.2) is 24.3 Å². The van der Waals surface area contributed by atoms with E-state index < -0.39 is 5.41 Å².